The molecular formula is C11H18N2O. The zero-order valence-electron chi connectivity index (χ0n) is 9.16. The predicted octanol–water partition coefficient (Wildman–Crippen LogP) is 1.65. The fraction of sp³-hybridized carbons (Fsp3) is 0.818. The van der Waals surface area contributed by atoms with Crippen LogP contribution in [0.5, 0.6) is 0 Å². The van der Waals surface area contributed by atoms with E-state index in [4.69, 9.17) is 5.26 Å². The molecule has 3 unspecified atom stereocenters. The molecule has 0 saturated carbocycles. The van der Waals surface area contributed by atoms with E-state index < -0.39 is 5.92 Å². The Balaban J connectivity index is 2.60. The molecule has 78 valence electrons. The van der Waals surface area contributed by atoms with Crippen molar-refractivity contribution in [2.45, 2.75) is 27.2 Å². The molecule has 0 aromatic heterocycles. The first kappa shape index (κ1) is 11.0. The monoisotopic (exact) mass is 194 g/mol. The van der Waals surface area contributed by atoms with Gasteiger partial charge >= 0.3 is 0 Å². The standard InChI is InChI=1S/C11H18N2O/c1-8-4-9(2)7-13(6-8)11(14)10(3)5-12/h8-10H,4,6-7H2,1-3H3. The molecule has 0 spiro atoms. The van der Waals surface area contributed by atoms with Gasteiger partial charge in [-0.25, -0.2) is 0 Å². The molecule has 3 nitrogen and oxygen atoms in total. The average Bonchev–Trinajstić information content (AvgIpc) is 2.14. The van der Waals surface area contributed by atoms with E-state index in [1.807, 2.05) is 11.0 Å². The summed E-state index contributed by atoms with van der Waals surface area (Å²) in [6.07, 6.45) is 1.19. The van der Waals surface area contributed by atoms with Crippen LogP contribution >= 0.6 is 0 Å². The van der Waals surface area contributed by atoms with E-state index in [0.29, 0.717) is 11.8 Å². The lowest BCUT2D eigenvalue weighted by atomic mass is 9.91. The van der Waals surface area contributed by atoms with Crippen LogP contribution in [0.4, 0.5) is 0 Å². The molecule has 0 N–H and O–H groups in total. The Kier molecular flexibility index (Phi) is 3.51. The van der Waals surface area contributed by atoms with Gasteiger partial charge in [-0.3, -0.25) is 4.79 Å². The van der Waals surface area contributed by atoms with Crippen LogP contribution in [0, 0.1) is 29.1 Å². The van der Waals surface area contributed by atoms with Crippen molar-refractivity contribution in [1.82, 2.24) is 4.90 Å². The van der Waals surface area contributed by atoms with Crippen molar-refractivity contribution in [2.24, 2.45) is 17.8 Å². The second-order valence-electron chi connectivity index (χ2n) is 4.54. The van der Waals surface area contributed by atoms with Gasteiger partial charge in [-0.1, -0.05) is 13.8 Å². The van der Waals surface area contributed by atoms with E-state index >= 15 is 0 Å². The summed E-state index contributed by atoms with van der Waals surface area (Å²) in [7, 11) is 0. The molecule has 14 heavy (non-hydrogen) atoms. The van der Waals surface area contributed by atoms with Crippen molar-refractivity contribution >= 4 is 5.91 Å². The molecule has 3 heteroatoms. The van der Waals surface area contributed by atoms with E-state index in [2.05, 4.69) is 13.8 Å². The van der Waals surface area contributed by atoms with Crippen molar-refractivity contribution in [3.63, 3.8) is 0 Å². The Labute approximate surface area is 85.7 Å². The van der Waals surface area contributed by atoms with E-state index in [9.17, 15) is 4.79 Å². The SMILES string of the molecule is CC1CC(C)CN(C(=O)C(C)C#N)C1. The zero-order valence-corrected chi connectivity index (χ0v) is 9.16. The van der Waals surface area contributed by atoms with Crippen LogP contribution < -0.4 is 0 Å². The molecule has 1 amide bonds. The number of carbonyl (C=O) groups is 1. The van der Waals surface area contributed by atoms with Crippen molar-refractivity contribution in [2.75, 3.05) is 13.1 Å². The number of amides is 1. The lowest BCUT2D eigenvalue weighted by molar-refractivity contribution is -0.136. The number of likely N-dealkylation sites (tertiary alicyclic amines) is 1. The number of nitrogens with zero attached hydrogens (tertiary/aromatic N) is 2. The summed E-state index contributed by atoms with van der Waals surface area (Å²) in [5.74, 6) is 0.626. The molecule has 1 aliphatic rings. The lowest BCUT2D eigenvalue weighted by Gasteiger charge is -2.35. The summed E-state index contributed by atoms with van der Waals surface area (Å²) < 4.78 is 0. The Bertz CT molecular complexity index is 247. The van der Waals surface area contributed by atoms with Gasteiger partial charge in [-0.15, -0.1) is 0 Å². The number of hydrogen-bond acceptors (Lipinski definition) is 2. The Morgan fingerprint density at radius 1 is 1.43 bits per heavy atom. The Hall–Kier alpha value is -1.04. The number of rotatable bonds is 1. The van der Waals surface area contributed by atoms with Crippen molar-refractivity contribution in [3.8, 4) is 6.07 Å². The highest BCUT2D eigenvalue weighted by Gasteiger charge is 2.27. The molecule has 0 bridgehead atoms. The third-order valence-electron chi connectivity index (χ3n) is 2.74. The van der Waals surface area contributed by atoms with Gasteiger partial charge in [0.2, 0.25) is 5.91 Å². The minimum atomic E-state index is -0.493. The molecule has 0 radical (unpaired) electrons. The molecular weight excluding hydrogens is 176 g/mol. The second kappa shape index (κ2) is 4.45. The van der Waals surface area contributed by atoms with Gasteiger partial charge in [0.15, 0.2) is 0 Å². The topological polar surface area (TPSA) is 44.1 Å². The normalized spacial score (nSPS) is 29.4. The van der Waals surface area contributed by atoms with E-state index in [1.54, 1.807) is 6.92 Å². The maximum Gasteiger partial charge on any atom is 0.239 e. The minimum Gasteiger partial charge on any atom is -0.341 e. The second-order valence-corrected chi connectivity index (χ2v) is 4.54. The maximum absolute atomic E-state index is 11.7. The molecule has 0 aliphatic carbocycles. The quantitative estimate of drug-likeness (QED) is 0.637. The summed E-state index contributed by atoms with van der Waals surface area (Å²) in [5.41, 5.74) is 0. The van der Waals surface area contributed by atoms with E-state index in [1.165, 1.54) is 6.42 Å². The number of hydrogen-bond donors (Lipinski definition) is 0. The smallest absolute Gasteiger partial charge is 0.239 e. The maximum atomic E-state index is 11.7. The first-order valence-corrected chi connectivity index (χ1v) is 5.23. The average molecular weight is 194 g/mol. The van der Waals surface area contributed by atoms with Gasteiger partial charge in [0.25, 0.3) is 0 Å². The van der Waals surface area contributed by atoms with Crippen molar-refractivity contribution in [3.05, 3.63) is 0 Å². The number of carbonyl (C=O) groups excluding carboxylic acids is 1. The molecule has 1 fully saturated rings. The van der Waals surface area contributed by atoms with Crippen LogP contribution in [-0.4, -0.2) is 23.9 Å². The predicted molar refractivity (Wildman–Crippen MR) is 54.3 cm³/mol. The van der Waals surface area contributed by atoms with Crippen molar-refractivity contribution in [1.29, 1.82) is 5.26 Å². The van der Waals surface area contributed by atoms with Gasteiger partial charge in [0, 0.05) is 13.1 Å². The van der Waals surface area contributed by atoms with Crippen molar-refractivity contribution < 1.29 is 4.79 Å². The summed E-state index contributed by atoms with van der Waals surface area (Å²) in [5, 5.41) is 8.67. The van der Waals surface area contributed by atoms with E-state index in [-0.39, 0.29) is 5.91 Å². The van der Waals surface area contributed by atoms with Crippen LogP contribution in [0.3, 0.4) is 0 Å². The molecule has 0 aromatic rings. The highest BCUT2D eigenvalue weighted by Crippen LogP contribution is 2.22. The molecule has 1 aliphatic heterocycles. The third-order valence-corrected chi connectivity index (χ3v) is 2.74. The van der Waals surface area contributed by atoms with Crippen LogP contribution in [0.15, 0.2) is 0 Å². The largest absolute Gasteiger partial charge is 0.341 e. The van der Waals surface area contributed by atoms with Crippen LogP contribution in [0.25, 0.3) is 0 Å². The fourth-order valence-electron chi connectivity index (χ4n) is 2.17. The first-order valence-electron chi connectivity index (χ1n) is 5.23. The van der Waals surface area contributed by atoms with Gasteiger partial charge in [0.1, 0.15) is 5.92 Å². The summed E-state index contributed by atoms with van der Waals surface area (Å²) in [6.45, 7) is 7.62. The number of piperidine rings is 1. The minimum absolute atomic E-state index is 0.00843. The molecule has 1 heterocycles. The van der Waals surface area contributed by atoms with Crippen LogP contribution in [0.2, 0.25) is 0 Å². The number of nitriles is 1. The molecule has 1 saturated heterocycles. The summed E-state index contributed by atoms with van der Waals surface area (Å²) >= 11 is 0. The highest BCUT2D eigenvalue weighted by atomic mass is 16.2. The first-order chi connectivity index (χ1) is 6.54. The van der Waals surface area contributed by atoms with Crippen LogP contribution in [-0.2, 0) is 4.79 Å². The zero-order chi connectivity index (χ0) is 10.7. The Morgan fingerprint density at radius 2 is 1.93 bits per heavy atom. The fourth-order valence-corrected chi connectivity index (χ4v) is 2.17. The third kappa shape index (κ3) is 2.47. The van der Waals surface area contributed by atoms with Crippen LogP contribution in [0.1, 0.15) is 27.2 Å². The van der Waals surface area contributed by atoms with Gasteiger partial charge in [-0.05, 0) is 25.2 Å². The lowest BCUT2D eigenvalue weighted by Crippen LogP contribution is -2.44. The van der Waals surface area contributed by atoms with Gasteiger partial charge < -0.3 is 4.90 Å². The Morgan fingerprint density at radius 3 is 2.36 bits per heavy atom. The molecule has 0 aromatic carbocycles. The molecule has 3 atom stereocenters. The van der Waals surface area contributed by atoms with Gasteiger partial charge in [-0.2, -0.15) is 5.26 Å². The van der Waals surface area contributed by atoms with Gasteiger partial charge in [0.05, 0.1) is 6.07 Å². The summed E-state index contributed by atoms with van der Waals surface area (Å²) in [6, 6.07) is 2.00. The highest BCUT2D eigenvalue weighted by molar-refractivity contribution is 5.80. The molecule has 1 rings (SSSR count). The van der Waals surface area contributed by atoms with E-state index in [0.717, 1.165) is 13.1 Å². The summed E-state index contributed by atoms with van der Waals surface area (Å²) in [4.78, 5) is 13.6.